The van der Waals surface area contributed by atoms with Crippen LogP contribution < -0.4 is 3.58 Å². The molecule has 1 aliphatic carbocycles. The average molecular weight is 599 g/mol. The van der Waals surface area contributed by atoms with Gasteiger partial charge in [0.15, 0.2) is 0 Å². The van der Waals surface area contributed by atoms with Crippen LogP contribution in [0.5, 0.6) is 0 Å². The van der Waals surface area contributed by atoms with Crippen LogP contribution in [0.4, 0.5) is 4.39 Å². The summed E-state index contributed by atoms with van der Waals surface area (Å²) < 4.78 is 20.9. The zero-order valence-corrected chi connectivity index (χ0v) is 25.7. The van der Waals surface area contributed by atoms with Crippen molar-refractivity contribution in [2.45, 2.75) is 78.5 Å². The molecule has 0 aliphatic heterocycles. The maximum atomic E-state index is 14.8. The Labute approximate surface area is 227 Å². The second-order valence-electron chi connectivity index (χ2n) is 11.1. The molecule has 1 unspecified atom stereocenters. The molecule has 0 heterocycles. The molecule has 37 heavy (non-hydrogen) atoms. The van der Waals surface area contributed by atoms with Gasteiger partial charge in [0.25, 0.3) is 0 Å². The Morgan fingerprint density at radius 1 is 0.703 bits per heavy atom. The van der Waals surface area contributed by atoms with Gasteiger partial charge in [-0.1, -0.05) is 0 Å². The summed E-state index contributed by atoms with van der Waals surface area (Å²) in [6, 6.07) is 28.0. The molecular weight excluding hydrogens is 558 g/mol. The van der Waals surface area contributed by atoms with E-state index in [4.69, 9.17) is 0 Å². The summed E-state index contributed by atoms with van der Waals surface area (Å²) in [5, 5.41) is 2.71. The molecule has 0 radical (unpaired) electrons. The Morgan fingerprint density at radius 3 is 1.97 bits per heavy atom. The predicted molar refractivity (Wildman–Crippen MR) is 161 cm³/mol. The second kappa shape index (κ2) is 11.7. The van der Waals surface area contributed by atoms with Gasteiger partial charge in [-0.15, -0.1) is 0 Å². The SMILES string of the molecule is CCC[CH2][Sn]([CH2]CCC)([CH2]CCC)[c]1cc2ccccc2c2c1-c1ccc(F)cc1C2c1ccccc1. The van der Waals surface area contributed by atoms with Crippen LogP contribution in [0, 0.1) is 5.82 Å². The first-order valence-electron chi connectivity index (χ1n) is 14.5. The number of rotatable bonds is 11. The molecule has 0 fully saturated rings. The number of unbranched alkanes of at least 4 members (excludes halogenated alkanes) is 3. The Hall–Kier alpha value is -2.13. The van der Waals surface area contributed by atoms with Crippen molar-refractivity contribution in [2.75, 3.05) is 0 Å². The van der Waals surface area contributed by atoms with Crippen LogP contribution in [0.1, 0.15) is 81.9 Å². The van der Waals surface area contributed by atoms with E-state index in [9.17, 15) is 4.39 Å². The molecule has 2 heteroatoms. The minimum absolute atomic E-state index is 0.0827. The summed E-state index contributed by atoms with van der Waals surface area (Å²) in [6.45, 7) is 7.06. The minimum atomic E-state index is -2.82. The van der Waals surface area contributed by atoms with Crippen LogP contribution in [-0.2, 0) is 0 Å². The summed E-state index contributed by atoms with van der Waals surface area (Å²) in [6.07, 6.45) is 7.81. The summed E-state index contributed by atoms with van der Waals surface area (Å²) in [5.74, 6) is -0.0460. The normalized spacial score (nSPS) is 14.6. The molecule has 0 spiro atoms. The average Bonchev–Trinajstić information content (AvgIpc) is 3.27. The summed E-state index contributed by atoms with van der Waals surface area (Å²) in [4.78, 5) is 0. The van der Waals surface area contributed by atoms with Crippen LogP contribution in [-0.4, -0.2) is 18.4 Å². The van der Waals surface area contributed by atoms with E-state index in [-0.39, 0.29) is 11.7 Å². The van der Waals surface area contributed by atoms with Crippen molar-refractivity contribution >= 4 is 32.7 Å². The molecular formula is C35H41FSn. The molecule has 4 aromatic rings. The zero-order chi connectivity index (χ0) is 25.8. The van der Waals surface area contributed by atoms with Crippen molar-refractivity contribution in [1.82, 2.24) is 0 Å². The monoisotopic (exact) mass is 600 g/mol. The first-order valence-corrected chi connectivity index (χ1v) is 22.0. The van der Waals surface area contributed by atoms with Gasteiger partial charge in [-0.3, -0.25) is 0 Å². The first-order chi connectivity index (χ1) is 18.1. The molecule has 0 aromatic heterocycles. The van der Waals surface area contributed by atoms with Gasteiger partial charge in [0.05, 0.1) is 0 Å². The van der Waals surface area contributed by atoms with Gasteiger partial charge in [-0.05, 0) is 0 Å². The molecule has 192 valence electrons. The first kappa shape index (κ1) is 26.5. The van der Waals surface area contributed by atoms with E-state index in [1.165, 1.54) is 84.9 Å². The van der Waals surface area contributed by atoms with Gasteiger partial charge in [0.1, 0.15) is 0 Å². The fourth-order valence-corrected chi connectivity index (χ4v) is 23.7. The number of benzene rings is 4. The molecule has 4 aromatic carbocycles. The van der Waals surface area contributed by atoms with Crippen LogP contribution in [0.3, 0.4) is 0 Å². The van der Waals surface area contributed by atoms with Gasteiger partial charge in [0, 0.05) is 0 Å². The Morgan fingerprint density at radius 2 is 1.32 bits per heavy atom. The molecule has 0 bridgehead atoms. The standard InChI is InChI=1S/C23H14F.3C4H9.Sn/c24-17-11-13-19-20-12-10-15-6-4-5-9-18(15)23(20)22(21(19)14-17)16-7-2-1-3-8-16;3*1-3-4-2;/h1-11,13-14,22H;3*1,3-4H2,2H3;. The van der Waals surface area contributed by atoms with Crippen molar-refractivity contribution in [1.29, 1.82) is 0 Å². The Bertz CT molecular complexity index is 1340. The van der Waals surface area contributed by atoms with Crippen molar-refractivity contribution < 1.29 is 4.39 Å². The molecule has 1 atom stereocenters. The third-order valence-corrected chi connectivity index (χ3v) is 24.3. The molecule has 1 aliphatic rings. The van der Waals surface area contributed by atoms with Crippen molar-refractivity contribution in [3.8, 4) is 11.1 Å². The van der Waals surface area contributed by atoms with Crippen molar-refractivity contribution in [3.63, 3.8) is 0 Å². The van der Waals surface area contributed by atoms with Gasteiger partial charge >= 0.3 is 228 Å². The van der Waals surface area contributed by atoms with Crippen molar-refractivity contribution in [2.24, 2.45) is 0 Å². The predicted octanol–water partition coefficient (Wildman–Crippen LogP) is 10.2. The van der Waals surface area contributed by atoms with Crippen LogP contribution >= 0.6 is 0 Å². The van der Waals surface area contributed by atoms with Crippen molar-refractivity contribution in [3.05, 3.63) is 101 Å². The summed E-state index contributed by atoms with van der Waals surface area (Å²) in [7, 11) is 0. The number of hydrogen-bond acceptors (Lipinski definition) is 0. The Balaban J connectivity index is 1.87. The summed E-state index contributed by atoms with van der Waals surface area (Å²) >= 11 is -2.82. The van der Waals surface area contributed by atoms with E-state index in [1.807, 2.05) is 6.07 Å². The van der Waals surface area contributed by atoms with Crippen LogP contribution in [0.15, 0.2) is 78.9 Å². The van der Waals surface area contributed by atoms with Gasteiger partial charge in [-0.25, -0.2) is 0 Å². The second-order valence-corrected chi connectivity index (χ2v) is 24.2. The third kappa shape index (κ3) is 5.01. The fourth-order valence-electron chi connectivity index (χ4n) is 6.86. The van der Waals surface area contributed by atoms with Gasteiger partial charge in [-0.2, -0.15) is 0 Å². The number of halogens is 1. The van der Waals surface area contributed by atoms with E-state index in [0.717, 1.165) is 5.56 Å². The molecule has 5 rings (SSSR count). The zero-order valence-electron chi connectivity index (χ0n) is 22.8. The van der Waals surface area contributed by atoms with E-state index < -0.39 is 18.4 Å². The summed E-state index contributed by atoms with van der Waals surface area (Å²) in [5.41, 5.74) is 6.64. The van der Waals surface area contributed by atoms with Gasteiger partial charge < -0.3 is 0 Å². The van der Waals surface area contributed by atoms with E-state index in [1.54, 1.807) is 9.65 Å². The molecule has 0 N–H and O–H groups in total. The quantitative estimate of drug-likeness (QED) is 0.133. The fraction of sp³-hybridized carbons (Fsp3) is 0.371. The molecule has 0 amide bonds. The van der Waals surface area contributed by atoms with Crippen LogP contribution in [0.25, 0.3) is 21.9 Å². The topological polar surface area (TPSA) is 0 Å². The van der Waals surface area contributed by atoms with Crippen LogP contribution in [0.2, 0.25) is 13.3 Å². The number of hydrogen-bond donors (Lipinski definition) is 0. The molecule has 0 saturated carbocycles. The molecule has 0 saturated heterocycles. The van der Waals surface area contributed by atoms with E-state index in [2.05, 4.69) is 87.5 Å². The number of fused-ring (bicyclic) bond motifs is 5. The van der Waals surface area contributed by atoms with Gasteiger partial charge in [0.2, 0.25) is 0 Å². The van der Waals surface area contributed by atoms with E-state index >= 15 is 0 Å². The molecule has 0 nitrogen and oxygen atoms in total. The third-order valence-electron chi connectivity index (χ3n) is 8.70. The van der Waals surface area contributed by atoms with E-state index in [0.29, 0.717) is 0 Å². The Kier molecular flexibility index (Phi) is 8.39. The maximum absolute atomic E-state index is 14.8.